The van der Waals surface area contributed by atoms with E-state index < -0.39 is 12.5 Å². The number of halogens is 2. The van der Waals surface area contributed by atoms with Crippen LogP contribution in [0.2, 0.25) is 0 Å². The lowest BCUT2D eigenvalue weighted by Gasteiger charge is -2.15. The topological polar surface area (TPSA) is 48.8 Å². The second-order valence-corrected chi connectivity index (χ2v) is 2.84. The Balaban J connectivity index is 3.88. The predicted octanol–water partition coefficient (Wildman–Crippen LogP) is 2.98. The summed E-state index contributed by atoms with van der Waals surface area (Å²) in [5.41, 5.74) is 7.79. The fourth-order valence-corrected chi connectivity index (χ4v) is 0.797. The molecule has 3 nitrogen and oxygen atoms in total. The van der Waals surface area contributed by atoms with E-state index in [1.807, 2.05) is 0 Å². The number of alkyl halides is 2. The molecule has 0 radical (unpaired) electrons. The molecule has 0 saturated carbocycles. The van der Waals surface area contributed by atoms with Gasteiger partial charge in [0.05, 0.1) is 6.54 Å². The van der Waals surface area contributed by atoms with Crippen molar-refractivity contribution in [1.29, 1.82) is 0 Å². The fraction of sp³-hybridized carbons (Fsp3) is 1.00. The van der Waals surface area contributed by atoms with Gasteiger partial charge in [0.25, 0.3) is 5.92 Å². The normalized spacial score (nSPS) is 11.4. The zero-order valence-corrected chi connectivity index (χ0v) is 6.59. The Morgan fingerprint density at radius 2 is 2.09 bits per heavy atom. The summed E-state index contributed by atoms with van der Waals surface area (Å²) in [7, 11) is 0. The van der Waals surface area contributed by atoms with E-state index in [1.54, 1.807) is 13.8 Å². The van der Waals surface area contributed by atoms with Crippen molar-refractivity contribution in [1.82, 2.24) is 0 Å². The molecule has 11 heavy (non-hydrogen) atoms. The van der Waals surface area contributed by atoms with Gasteiger partial charge in [0.15, 0.2) is 0 Å². The van der Waals surface area contributed by atoms with Crippen molar-refractivity contribution < 1.29 is 8.78 Å². The van der Waals surface area contributed by atoms with Crippen molar-refractivity contribution in [2.24, 2.45) is 11.0 Å². The first kappa shape index (κ1) is 10.2. The summed E-state index contributed by atoms with van der Waals surface area (Å²) in [5.74, 6) is -2.93. The van der Waals surface area contributed by atoms with Gasteiger partial charge >= 0.3 is 0 Å². The minimum Gasteiger partial charge on any atom is -0.207 e. The maximum Gasteiger partial charge on any atom is 0.254 e. The Morgan fingerprint density at radius 3 is 2.45 bits per heavy atom. The second kappa shape index (κ2) is 4.13. The number of hydrogen-bond donors (Lipinski definition) is 0. The Kier molecular flexibility index (Phi) is 3.82. The van der Waals surface area contributed by atoms with E-state index in [2.05, 4.69) is 10.0 Å². The van der Waals surface area contributed by atoms with Crippen LogP contribution in [0.15, 0.2) is 5.11 Å². The molecule has 0 amide bonds. The van der Waals surface area contributed by atoms with Crippen LogP contribution in [0.5, 0.6) is 0 Å². The van der Waals surface area contributed by atoms with E-state index in [1.165, 1.54) is 0 Å². The summed E-state index contributed by atoms with van der Waals surface area (Å²) in [6, 6.07) is 0. The van der Waals surface area contributed by atoms with Gasteiger partial charge in [-0.1, -0.05) is 19.0 Å². The van der Waals surface area contributed by atoms with E-state index in [4.69, 9.17) is 5.53 Å². The predicted molar refractivity (Wildman–Crippen MR) is 38.4 cm³/mol. The van der Waals surface area contributed by atoms with Gasteiger partial charge in [-0.15, -0.1) is 0 Å². The standard InChI is InChI=1S/C6H11F2N3/c1-5(2)3-6(7,8)4-10-11-9/h5H,3-4H2,1-2H3. The van der Waals surface area contributed by atoms with Crippen molar-refractivity contribution in [2.45, 2.75) is 26.2 Å². The highest BCUT2D eigenvalue weighted by Crippen LogP contribution is 2.23. The molecule has 0 aromatic heterocycles. The van der Waals surface area contributed by atoms with Crippen molar-refractivity contribution >= 4 is 0 Å². The third-order valence-electron chi connectivity index (χ3n) is 1.07. The molecule has 0 aromatic carbocycles. The van der Waals surface area contributed by atoms with Gasteiger partial charge in [-0.05, 0) is 11.4 Å². The number of nitrogens with zero attached hydrogens (tertiary/aromatic N) is 3. The molecule has 64 valence electrons. The Labute approximate surface area is 64.0 Å². The highest BCUT2D eigenvalue weighted by atomic mass is 19.3. The second-order valence-electron chi connectivity index (χ2n) is 2.84. The van der Waals surface area contributed by atoms with Gasteiger partial charge in [-0.2, -0.15) is 0 Å². The van der Waals surface area contributed by atoms with Crippen LogP contribution >= 0.6 is 0 Å². The Hall–Kier alpha value is -0.830. The molecule has 5 heteroatoms. The Bertz CT molecular complexity index is 161. The first-order valence-corrected chi connectivity index (χ1v) is 3.36. The molecule has 0 atom stereocenters. The third-order valence-corrected chi connectivity index (χ3v) is 1.07. The van der Waals surface area contributed by atoms with Crippen molar-refractivity contribution in [3.8, 4) is 0 Å². The first-order valence-electron chi connectivity index (χ1n) is 3.36. The molecular weight excluding hydrogens is 152 g/mol. The highest BCUT2D eigenvalue weighted by Gasteiger charge is 2.28. The fourth-order valence-electron chi connectivity index (χ4n) is 0.797. The molecule has 0 aromatic rings. The van der Waals surface area contributed by atoms with Crippen LogP contribution in [0.3, 0.4) is 0 Å². The maximum atomic E-state index is 12.6. The van der Waals surface area contributed by atoms with E-state index >= 15 is 0 Å². The average Bonchev–Trinajstić information content (AvgIpc) is 1.81. The van der Waals surface area contributed by atoms with Crippen LogP contribution in [0, 0.1) is 5.92 Å². The molecule has 0 bridgehead atoms. The lowest BCUT2D eigenvalue weighted by molar-refractivity contribution is -0.00922. The van der Waals surface area contributed by atoms with Crippen molar-refractivity contribution in [3.63, 3.8) is 0 Å². The molecular formula is C6H11F2N3. The van der Waals surface area contributed by atoms with E-state index in [0.717, 1.165) is 0 Å². The molecule has 0 aliphatic carbocycles. The van der Waals surface area contributed by atoms with Crippen LogP contribution in [0.25, 0.3) is 10.4 Å². The average molecular weight is 163 g/mol. The molecule has 0 unspecified atom stereocenters. The SMILES string of the molecule is CC(C)CC(F)(F)CN=[N+]=[N-]. The van der Waals surface area contributed by atoms with Crippen LogP contribution < -0.4 is 0 Å². The summed E-state index contributed by atoms with van der Waals surface area (Å²) >= 11 is 0. The zero-order chi connectivity index (χ0) is 8.91. The molecule has 0 aliphatic rings. The lowest BCUT2D eigenvalue weighted by atomic mass is 10.1. The lowest BCUT2D eigenvalue weighted by Crippen LogP contribution is -2.22. The van der Waals surface area contributed by atoms with E-state index in [-0.39, 0.29) is 12.3 Å². The van der Waals surface area contributed by atoms with Crippen molar-refractivity contribution in [3.05, 3.63) is 10.4 Å². The summed E-state index contributed by atoms with van der Waals surface area (Å²) in [6.07, 6.45) is -0.230. The largest absolute Gasteiger partial charge is 0.254 e. The van der Waals surface area contributed by atoms with Gasteiger partial charge in [0.2, 0.25) is 0 Å². The van der Waals surface area contributed by atoms with E-state index in [0.29, 0.717) is 0 Å². The van der Waals surface area contributed by atoms with Crippen molar-refractivity contribution in [2.75, 3.05) is 6.54 Å². The van der Waals surface area contributed by atoms with Gasteiger partial charge in [-0.25, -0.2) is 8.78 Å². The maximum absolute atomic E-state index is 12.6. The molecule has 0 saturated heterocycles. The summed E-state index contributed by atoms with van der Waals surface area (Å²) in [5, 5.41) is 2.83. The number of rotatable bonds is 4. The van der Waals surface area contributed by atoms with Crippen LogP contribution in [0.1, 0.15) is 20.3 Å². The summed E-state index contributed by atoms with van der Waals surface area (Å²) in [4.78, 5) is 2.27. The van der Waals surface area contributed by atoms with Gasteiger partial charge in [0.1, 0.15) is 0 Å². The molecule has 0 fully saturated rings. The number of azide groups is 1. The van der Waals surface area contributed by atoms with Crippen LogP contribution in [-0.4, -0.2) is 12.5 Å². The van der Waals surface area contributed by atoms with Gasteiger partial charge < -0.3 is 0 Å². The first-order chi connectivity index (χ1) is 4.98. The summed E-state index contributed by atoms with van der Waals surface area (Å²) in [6.45, 7) is 2.66. The molecule has 0 aliphatic heterocycles. The molecule has 0 rings (SSSR count). The van der Waals surface area contributed by atoms with Gasteiger partial charge in [0, 0.05) is 11.3 Å². The quantitative estimate of drug-likeness (QED) is 0.347. The number of hydrogen-bond acceptors (Lipinski definition) is 1. The van der Waals surface area contributed by atoms with Gasteiger partial charge in [-0.3, -0.25) is 0 Å². The zero-order valence-electron chi connectivity index (χ0n) is 6.59. The minimum absolute atomic E-state index is 0.0844. The molecule has 0 heterocycles. The minimum atomic E-state index is -2.85. The smallest absolute Gasteiger partial charge is 0.207 e. The van der Waals surface area contributed by atoms with Crippen LogP contribution in [-0.2, 0) is 0 Å². The highest BCUT2D eigenvalue weighted by molar-refractivity contribution is 4.70. The van der Waals surface area contributed by atoms with Crippen LogP contribution in [0.4, 0.5) is 8.78 Å². The molecule has 0 spiro atoms. The van der Waals surface area contributed by atoms with E-state index in [9.17, 15) is 8.78 Å². The third kappa shape index (κ3) is 5.61. The summed E-state index contributed by atoms with van der Waals surface area (Å²) < 4.78 is 25.2. The monoisotopic (exact) mass is 163 g/mol. The molecule has 0 N–H and O–H groups in total. The Morgan fingerprint density at radius 1 is 1.55 bits per heavy atom.